The van der Waals surface area contributed by atoms with Gasteiger partial charge in [-0.3, -0.25) is 4.90 Å². The maximum Gasteiger partial charge on any atom is 0.327 e. The van der Waals surface area contributed by atoms with Gasteiger partial charge in [0.1, 0.15) is 6.04 Å². The summed E-state index contributed by atoms with van der Waals surface area (Å²) in [5.74, 6) is -0.463. The van der Waals surface area contributed by atoms with Crippen molar-refractivity contribution in [1.82, 2.24) is 9.80 Å². The van der Waals surface area contributed by atoms with Crippen molar-refractivity contribution in [1.29, 1.82) is 0 Å². The lowest BCUT2D eigenvalue weighted by molar-refractivity contribution is -0.142. The molecule has 2 amide bonds. The molecule has 3 unspecified atom stereocenters. The van der Waals surface area contributed by atoms with Crippen LogP contribution in [-0.4, -0.2) is 68.9 Å². The minimum absolute atomic E-state index is 0.0451. The zero-order valence-corrected chi connectivity index (χ0v) is 13.9. The average Bonchev–Trinajstić information content (AvgIpc) is 2.79. The molecule has 2 heterocycles. The number of carboxylic acid groups (broad SMARTS) is 1. The summed E-state index contributed by atoms with van der Waals surface area (Å²) in [5, 5.41) is 9.29. The normalized spacial score (nSPS) is 32.3. The first kappa shape index (κ1) is 16.4. The van der Waals surface area contributed by atoms with Crippen molar-refractivity contribution in [3.05, 3.63) is 0 Å². The number of hydrogen-bond acceptors (Lipinski definition) is 4. The summed E-state index contributed by atoms with van der Waals surface area (Å²) in [5.41, 5.74) is -0.402. The van der Waals surface area contributed by atoms with Crippen LogP contribution >= 0.6 is 11.8 Å². The highest BCUT2D eigenvalue weighted by atomic mass is 32.2. The lowest BCUT2D eigenvalue weighted by Gasteiger charge is -2.44. The number of nitrogens with zero attached hydrogens (tertiary/aromatic N) is 2. The summed E-state index contributed by atoms with van der Waals surface area (Å²) in [6, 6.07) is -0.906. The number of carbonyl (C=O) groups excluding carboxylic acids is 1. The van der Waals surface area contributed by atoms with Crippen LogP contribution in [0.1, 0.15) is 34.1 Å². The topological polar surface area (TPSA) is 70.1 Å². The SMILES string of the molecule is CCC1SCC(C(=O)O)N1C(=O)N1CC(C)OC(C)(C)C1. The molecule has 120 valence electrons. The first-order valence-electron chi connectivity index (χ1n) is 7.34. The van der Waals surface area contributed by atoms with Gasteiger partial charge in [0.2, 0.25) is 0 Å². The number of aliphatic carboxylic acids is 1. The van der Waals surface area contributed by atoms with E-state index >= 15 is 0 Å². The first-order chi connectivity index (χ1) is 9.75. The molecule has 0 radical (unpaired) electrons. The van der Waals surface area contributed by atoms with Gasteiger partial charge in [-0.2, -0.15) is 0 Å². The van der Waals surface area contributed by atoms with E-state index in [1.807, 2.05) is 27.7 Å². The number of thioether (sulfide) groups is 1. The molecule has 0 saturated carbocycles. The van der Waals surface area contributed by atoms with Crippen LogP contribution in [0.5, 0.6) is 0 Å². The molecule has 0 aromatic carbocycles. The Morgan fingerprint density at radius 1 is 1.43 bits per heavy atom. The Bertz CT molecular complexity index is 429. The van der Waals surface area contributed by atoms with E-state index in [4.69, 9.17) is 4.74 Å². The molecule has 0 spiro atoms. The molecule has 2 aliphatic rings. The molecule has 2 aliphatic heterocycles. The fourth-order valence-electron chi connectivity index (χ4n) is 3.09. The molecule has 2 fully saturated rings. The Hall–Kier alpha value is -0.950. The monoisotopic (exact) mass is 316 g/mol. The largest absolute Gasteiger partial charge is 0.480 e. The van der Waals surface area contributed by atoms with Gasteiger partial charge in [0.05, 0.1) is 23.6 Å². The van der Waals surface area contributed by atoms with E-state index in [1.165, 1.54) is 0 Å². The minimum atomic E-state index is -0.924. The molecule has 21 heavy (non-hydrogen) atoms. The Morgan fingerprint density at radius 3 is 2.62 bits per heavy atom. The standard InChI is InChI=1S/C14H24N2O4S/c1-5-11-16(10(7-21-11)12(17)18)13(19)15-6-9(2)20-14(3,4)8-15/h9-11H,5-8H2,1-4H3,(H,17,18). The molecule has 6 nitrogen and oxygen atoms in total. The van der Waals surface area contributed by atoms with Gasteiger partial charge in [0.15, 0.2) is 0 Å². The average molecular weight is 316 g/mol. The Balaban J connectivity index is 2.18. The highest BCUT2D eigenvalue weighted by Gasteiger charge is 2.44. The number of carboxylic acids is 1. The maximum absolute atomic E-state index is 12.8. The van der Waals surface area contributed by atoms with Gasteiger partial charge in [-0.25, -0.2) is 9.59 Å². The molecule has 0 aliphatic carbocycles. The van der Waals surface area contributed by atoms with Gasteiger partial charge in [-0.15, -0.1) is 11.8 Å². The van der Waals surface area contributed by atoms with Crippen LogP contribution in [0.3, 0.4) is 0 Å². The molecule has 0 aromatic rings. The summed E-state index contributed by atoms with van der Waals surface area (Å²) in [6.45, 7) is 8.81. The fourth-order valence-corrected chi connectivity index (χ4v) is 4.43. The van der Waals surface area contributed by atoms with Crippen molar-refractivity contribution in [2.45, 2.75) is 57.2 Å². The maximum atomic E-state index is 12.8. The van der Waals surface area contributed by atoms with Crippen molar-refractivity contribution in [2.75, 3.05) is 18.8 Å². The Kier molecular flexibility index (Phi) is 4.72. The second-order valence-electron chi connectivity index (χ2n) is 6.31. The molecule has 1 N–H and O–H groups in total. The van der Waals surface area contributed by atoms with Crippen LogP contribution in [0.15, 0.2) is 0 Å². The van der Waals surface area contributed by atoms with Crippen LogP contribution in [0.4, 0.5) is 4.79 Å². The second kappa shape index (κ2) is 6.04. The van der Waals surface area contributed by atoms with E-state index in [0.29, 0.717) is 18.8 Å². The summed E-state index contributed by atoms with van der Waals surface area (Å²) >= 11 is 1.55. The molecule has 3 atom stereocenters. The van der Waals surface area contributed by atoms with E-state index in [2.05, 4.69) is 0 Å². The fraction of sp³-hybridized carbons (Fsp3) is 0.857. The molecule has 2 saturated heterocycles. The van der Waals surface area contributed by atoms with Gasteiger partial charge in [0, 0.05) is 12.3 Å². The molecule has 2 rings (SSSR count). The number of rotatable bonds is 2. The van der Waals surface area contributed by atoms with Gasteiger partial charge >= 0.3 is 12.0 Å². The van der Waals surface area contributed by atoms with Crippen molar-refractivity contribution < 1.29 is 19.4 Å². The number of carbonyl (C=O) groups is 2. The summed E-state index contributed by atoms with van der Waals surface area (Å²) in [6.07, 6.45) is 0.708. The number of morpholine rings is 1. The molecule has 7 heteroatoms. The van der Waals surface area contributed by atoms with E-state index in [1.54, 1.807) is 21.6 Å². The predicted molar refractivity (Wildman–Crippen MR) is 81.4 cm³/mol. The lowest BCUT2D eigenvalue weighted by atomic mass is 10.1. The number of hydrogen-bond donors (Lipinski definition) is 1. The number of amides is 2. The third-order valence-corrected chi connectivity index (χ3v) is 5.24. The van der Waals surface area contributed by atoms with Crippen LogP contribution in [0, 0.1) is 0 Å². The minimum Gasteiger partial charge on any atom is -0.480 e. The zero-order chi connectivity index (χ0) is 15.8. The second-order valence-corrected chi connectivity index (χ2v) is 7.52. The van der Waals surface area contributed by atoms with Crippen LogP contribution in [0.25, 0.3) is 0 Å². The third kappa shape index (κ3) is 3.45. The molecular formula is C14H24N2O4S. The van der Waals surface area contributed by atoms with Gasteiger partial charge in [0.25, 0.3) is 0 Å². The van der Waals surface area contributed by atoms with E-state index < -0.39 is 17.6 Å². The van der Waals surface area contributed by atoms with E-state index in [9.17, 15) is 14.7 Å². The van der Waals surface area contributed by atoms with Crippen molar-refractivity contribution in [3.8, 4) is 0 Å². The van der Waals surface area contributed by atoms with Gasteiger partial charge < -0.3 is 14.7 Å². The van der Waals surface area contributed by atoms with E-state index in [0.717, 1.165) is 6.42 Å². The van der Waals surface area contributed by atoms with Gasteiger partial charge in [-0.05, 0) is 27.2 Å². The van der Waals surface area contributed by atoms with Crippen molar-refractivity contribution in [3.63, 3.8) is 0 Å². The Morgan fingerprint density at radius 2 is 2.10 bits per heavy atom. The van der Waals surface area contributed by atoms with Crippen molar-refractivity contribution >= 4 is 23.8 Å². The number of urea groups is 1. The predicted octanol–water partition coefficient (Wildman–Crippen LogP) is 1.84. The number of ether oxygens (including phenoxy) is 1. The molecular weight excluding hydrogens is 292 g/mol. The van der Waals surface area contributed by atoms with Crippen molar-refractivity contribution in [2.24, 2.45) is 0 Å². The quantitative estimate of drug-likeness (QED) is 0.842. The highest BCUT2D eigenvalue weighted by Crippen LogP contribution is 2.33. The third-order valence-electron chi connectivity index (χ3n) is 3.79. The summed E-state index contributed by atoms with van der Waals surface area (Å²) in [7, 11) is 0. The first-order valence-corrected chi connectivity index (χ1v) is 8.39. The zero-order valence-electron chi connectivity index (χ0n) is 13.0. The Labute approximate surface area is 129 Å². The smallest absolute Gasteiger partial charge is 0.327 e. The summed E-state index contributed by atoms with van der Waals surface area (Å²) in [4.78, 5) is 27.5. The van der Waals surface area contributed by atoms with Crippen LogP contribution in [-0.2, 0) is 9.53 Å². The lowest BCUT2D eigenvalue weighted by Crippen LogP contribution is -2.59. The highest BCUT2D eigenvalue weighted by molar-refractivity contribution is 8.00. The van der Waals surface area contributed by atoms with E-state index in [-0.39, 0.29) is 17.5 Å². The van der Waals surface area contributed by atoms with Crippen LogP contribution < -0.4 is 0 Å². The molecule has 0 bridgehead atoms. The van der Waals surface area contributed by atoms with Crippen LogP contribution in [0.2, 0.25) is 0 Å². The van der Waals surface area contributed by atoms with Gasteiger partial charge in [-0.1, -0.05) is 6.92 Å². The molecule has 0 aromatic heterocycles. The summed E-state index contributed by atoms with van der Waals surface area (Å²) < 4.78 is 5.81.